The van der Waals surface area contributed by atoms with E-state index in [9.17, 15) is 4.79 Å². The molecule has 0 bridgehead atoms. The number of nitrogens with zero attached hydrogens (tertiary/aromatic N) is 1. The van der Waals surface area contributed by atoms with Crippen LogP contribution in [0.1, 0.15) is 11.1 Å². The Kier molecular flexibility index (Phi) is 3.79. The Morgan fingerprint density at radius 2 is 1.95 bits per heavy atom. The Labute approximate surface area is 111 Å². The van der Waals surface area contributed by atoms with Gasteiger partial charge in [-0.2, -0.15) is 5.26 Å². The normalized spacial score (nSPS) is 9.63. The molecule has 4 heteroatoms. The number of carbonyl (C=O) groups excluding carboxylic acids is 1. The van der Waals surface area contributed by atoms with Crippen molar-refractivity contribution in [1.82, 2.24) is 0 Å². The predicted molar refractivity (Wildman–Crippen MR) is 74.3 cm³/mol. The smallest absolute Gasteiger partial charge is 0.228 e. The second-order valence-corrected chi connectivity index (χ2v) is 4.16. The molecule has 0 spiro atoms. The van der Waals surface area contributed by atoms with Gasteiger partial charge in [-0.3, -0.25) is 4.79 Å². The molecule has 0 aromatic heterocycles. The fourth-order valence-electron chi connectivity index (χ4n) is 1.69. The summed E-state index contributed by atoms with van der Waals surface area (Å²) in [7, 11) is 0. The van der Waals surface area contributed by atoms with Gasteiger partial charge >= 0.3 is 0 Å². The molecule has 4 nitrogen and oxygen atoms in total. The quantitative estimate of drug-likeness (QED) is 0.821. The van der Waals surface area contributed by atoms with Crippen molar-refractivity contribution in [3.8, 4) is 6.07 Å². The first-order valence-corrected chi connectivity index (χ1v) is 5.82. The van der Waals surface area contributed by atoms with Crippen molar-refractivity contribution in [2.75, 3.05) is 11.1 Å². The number of hydrogen-bond donors (Lipinski definition) is 2. The van der Waals surface area contributed by atoms with E-state index in [-0.39, 0.29) is 12.3 Å². The van der Waals surface area contributed by atoms with Gasteiger partial charge in [0, 0.05) is 11.4 Å². The van der Waals surface area contributed by atoms with Gasteiger partial charge in [0.15, 0.2) is 0 Å². The number of nitriles is 1. The minimum absolute atomic E-state index is 0.125. The van der Waals surface area contributed by atoms with E-state index in [1.807, 2.05) is 18.2 Å². The summed E-state index contributed by atoms with van der Waals surface area (Å²) in [6.07, 6.45) is 0.275. The lowest BCUT2D eigenvalue weighted by molar-refractivity contribution is -0.115. The second-order valence-electron chi connectivity index (χ2n) is 4.16. The number of rotatable bonds is 3. The summed E-state index contributed by atoms with van der Waals surface area (Å²) in [5, 5.41) is 11.5. The standard InChI is InChI=1S/C15H13N3O/c16-10-12-2-1-3-14(8-12)18-15(19)9-11-4-6-13(17)7-5-11/h1-8H,9,17H2,(H,18,19). The van der Waals surface area contributed by atoms with E-state index in [1.165, 1.54) is 0 Å². The maximum atomic E-state index is 11.8. The minimum atomic E-state index is -0.125. The minimum Gasteiger partial charge on any atom is -0.399 e. The highest BCUT2D eigenvalue weighted by Gasteiger charge is 2.04. The average Bonchev–Trinajstić information content (AvgIpc) is 2.41. The summed E-state index contributed by atoms with van der Waals surface area (Å²) in [6.45, 7) is 0. The fourth-order valence-corrected chi connectivity index (χ4v) is 1.69. The van der Waals surface area contributed by atoms with Crippen molar-refractivity contribution < 1.29 is 4.79 Å². The second kappa shape index (κ2) is 5.69. The molecular formula is C15H13N3O. The summed E-state index contributed by atoms with van der Waals surface area (Å²) < 4.78 is 0. The molecule has 0 radical (unpaired) electrons. The molecule has 1 amide bonds. The molecule has 0 saturated carbocycles. The van der Waals surface area contributed by atoms with Crippen LogP contribution in [0.2, 0.25) is 0 Å². The van der Waals surface area contributed by atoms with Gasteiger partial charge in [-0.1, -0.05) is 18.2 Å². The zero-order chi connectivity index (χ0) is 13.7. The largest absolute Gasteiger partial charge is 0.399 e. The van der Waals surface area contributed by atoms with Crippen molar-refractivity contribution in [1.29, 1.82) is 5.26 Å². The summed E-state index contributed by atoms with van der Waals surface area (Å²) in [6, 6.07) is 16.0. The van der Waals surface area contributed by atoms with Gasteiger partial charge in [0.05, 0.1) is 18.1 Å². The van der Waals surface area contributed by atoms with Crippen LogP contribution in [0.3, 0.4) is 0 Å². The van der Waals surface area contributed by atoms with E-state index in [1.54, 1.807) is 36.4 Å². The lowest BCUT2D eigenvalue weighted by Gasteiger charge is -2.05. The number of hydrogen-bond acceptors (Lipinski definition) is 3. The highest BCUT2D eigenvalue weighted by atomic mass is 16.1. The first-order chi connectivity index (χ1) is 9.17. The van der Waals surface area contributed by atoms with E-state index in [0.717, 1.165) is 5.56 Å². The van der Waals surface area contributed by atoms with Crippen molar-refractivity contribution in [3.05, 3.63) is 59.7 Å². The third-order valence-corrected chi connectivity index (χ3v) is 2.62. The van der Waals surface area contributed by atoms with Gasteiger partial charge in [-0.05, 0) is 35.9 Å². The SMILES string of the molecule is N#Cc1cccc(NC(=O)Cc2ccc(N)cc2)c1. The molecule has 0 aliphatic heterocycles. The number of carbonyl (C=O) groups is 1. The van der Waals surface area contributed by atoms with Crippen LogP contribution < -0.4 is 11.1 Å². The molecule has 0 saturated heterocycles. The molecule has 0 aliphatic rings. The van der Waals surface area contributed by atoms with Crippen molar-refractivity contribution in [3.63, 3.8) is 0 Å². The topological polar surface area (TPSA) is 78.9 Å². The van der Waals surface area contributed by atoms with E-state index in [2.05, 4.69) is 5.32 Å². The van der Waals surface area contributed by atoms with Crippen molar-refractivity contribution in [2.45, 2.75) is 6.42 Å². The molecule has 94 valence electrons. The summed E-state index contributed by atoms with van der Waals surface area (Å²) in [5.74, 6) is -0.125. The fraction of sp³-hybridized carbons (Fsp3) is 0.0667. The third-order valence-electron chi connectivity index (χ3n) is 2.62. The van der Waals surface area contributed by atoms with Gasteiger partial charge < -0.3 is 11.1 Å². The molecule has 0 atom stereocenters. The Balaban J connectivity index is 2.01. The number of nitrogens with one attached hydrogen (secondary N) is 1. The van der Waals surface area contributed by atoms with Gasteiger partial charge in [0.1, 0.15) is 0 Å². The maximum absolute atomic E-state index is 11.8. The number of anilines is 2. The van der Waals surface area contributed by atoms with E-state index < -0.39 is 0 Å². The Morgan fingerprint density at radius 3 is 2.63 bits per heavy atom. The molecule has 0 fully saturated rings. The zero-order valence-electron chi connectivity index (χ0n) is 10.3. The Hall–Kier alpha value is -2.80. The zero-order valence-corrected chi connectivity index (χ0v) is 10.3. The maximum Gasteiger partial charge on any atom is 0.228 e. The molecule has 2 rings (SSSR count). The molecule has 2 aromatic rings. The van der Waals surface area contributed by atoms with Crippen LogP contribution in [0.25, 0.3) is 0 Å². The van der Waals surface area contributed by atoms with Gasteiger partial charge in [0.25, 0.3) is 0 Å². The molecule has 2 aromatic carbocycles. The number of nitrogens with two attached hydrogens (primary N) is 1. The summed E-state index contributed by atoms with van der Waals surface area (Å²) in [4.78, 5) is 11.8. The Bertz CT molecular complexity index is 627. The lowest BCUT2D eigenvalue weighted by Crippen LogP contribution is -2.14. The van der Waals surface area contributed by atoms with Crippen LogP contribution in [0.15, 0.2) is 48.5 Å². The number of amides is 1. The van der Waals surface area contributed by atoms with E-state index in [4.69, 9.17) is 11.0 Å². The van der Waals surface area contributed by atoms with Crippen LogP contribution in [0.4, 0.5) is 11.4 Å². The lowest BCUT2D eigenvalue weighted by atomic mass is 10.1. The molecular weight excluding hydrogens is 238 g/mol. The first-order valence-electron chi connectivity index (χ1n) is 5.82. The Morgan fingerprint density at radius 1 is 1.21 bits per heavy atom. The third kappa shape index (κ3) is 3.58. The number of nitrogen functional groups attached to an aromatic ring is 1. The van der Waals surface area contributed by atoms with Gasteiger partial charge in [0.2, 0.25) is 5.91 Å². The molecule has 0 heterocycles. The van der Waals surface area contributed by atoms with Crippen LogP contribution in [0, 0.1) is 11.3 Å². The number of benzene rings is 2. The van der Waals surface area contributed by atoms with Crippen LogP contribution in [-0.4, -0.2) is 5.91 Å². The highest BCUT2D eigenvalue weighted by Crippen LogP contribution is 2.11. The molecule has 3 N–H and O–H groups in total. The van der Waals surface area contributed by atoms with E-state index in [0.29, 0.717) is 16.9 Å². The van der Waals surface area contributed by atoms with Crippen molar-refractivity contribution in [2.24, 2.45) is 0 Å². The predicted octanol–water partition coefficient (Wildman–Crippen LogP) is 2.32. The average molecular weight is 251 g/mol. The van der Waals surface area contributed by atoms with E-state index >= 15 is 0 Å². The summed E-state index contributed by atoms with van der Waals surface area (Å²) >= 11 is 0. The highest BCUT2D eigenvalue weighted by molar-refractivity contribution is 5.92. The van der Waals surface area contributed by atoms with Crippen molar-refractivity contribution >= 4 is 17.3 Å². The summed E-state index contributed by atoms with van der Waals surface area (Å²) in [5.41, 5.74) is 8.29. The first kappa shape index (κ1) is 12.7. The van der Waals surface area contributed by atoms with Crippen LogP contribution in [-0.2, 0) is 11.2 Å². The van der Waals surface area contributed by atoms with Crippen LogP contribution in [0.5, 0.6) is 0 Å². The molecule has 0 unspecified atom stereocenters. The van der Waals surface area contributed by atoms with Gasteiger partial charge in [-0.25, -0.2) is 0 Å². The van der Waals surface area contributed by atoms with Gasteiger partial charge in [-0.15, -0.1) is 0 Å². The van der Waals surface area contributed by atoms with Crippen LogP contribution >= 0.6 is 0 Å². The molecule has 0 aliphatic carbocycles. The monoisotopic (exact) mass is 251 g/mol. The molecule has 19 heavy (non-hydrogen) atoms.